The van der Waals surface area contributed by atoms with Crippen LogP contribution in [0.25, 0.3) is 0 Å². The summed E-state index contributed by atoms with van der Waals surface area (Å²) in [5.41, 5.74) is 0. The normalized spacial score (nSPS) is 9.67. The Kier molecular flexibility index (Phi) is 4.08. The van der Waals surface area contributed by atoms with Crippen LogP contribution in [-0.4, -0.2) is 43.1 Å². The summed E-state index contributed by atoms with van der Waals surface area (Å²) in [5.74, 6) is -0.747. The molecule has 50 valence electrons. The average Bonchev–Trinajstić information content (AvgIpc) is 1.82. The number of hydrogen-bond acceptors (Lipinski definition) is 3. The standard InChI is InChI=1S/C4H8BNO3/c5-4(9)6-3(1-7)2-8/h3,7-8H,1-2H2,(H,6,9). The number of rotatable bonds is 3. The Bertz CT molecular complexity index is 93.8. The first-order valence-electron chi connectivity index (χ1n) is 2.48. The quantitative estimate of drug-likeness (QED) is 0.394. The van der Waals surface area contributed by atoms with Crippen LogP contribution in [0.3, 0.4) is 0 Å². The lowest BCUT2D eigenvalue weighted by Gasteiger charge is -2.10. The molecule has 0 spiro atoms. The lowest BCUT2D eigenvalue weighted by atomic mass is 10.1. The summed E-state index contributed by atoms with van der Waals surface area (Å²) in [5, 5.41) is 18.8. The third-order valence-electron chi connectivity index (χ3n) is 0.787. The molecule has 0 aliphatic rings. The minimum Gasteiger partial charge on any atom is -0.394 e. The van der Waals surface area contributed by atoms with Crippen molar-refractivity contribution in [2.75, 3.05) is 13.2 Å². The number of hydrogen-bond donors (Lipinski definition) is 3. The number of carbonyl (C=O) groups is 1. The molecular weight excluding hydrogens is 121 g/mol. The minimum atomic E-state index is -0.747. The second-order valence-electron chi connectivity index (χ2n) is 1.57. The van der Waals surface area contributed by atoms with E-state index in [-0.39, 0.29) is 13.2 Å². The van der Waals surface area contributed by atoms with Gasteiger partial charge in [0.25, 0.3) is 0 Å². The van der Waals surface area contributed by atoms with Crippen molar-refractivity contribution >= 4 is 13.7 Å². The molecule has 0 saturated carbocycles. The second-order valence-corrected chi connectivity index (χ2v) is 1.57. The van der Waals surface area contributed by atoms with Gasteiger partial charge in [-0.15, -0.1) is 0 Å². The zero-order chi connectivity index (χ0) is 7.28. The maximum atomic E-state index is 10.0. The fourth-order valence-corrected chi connectivity index (χ4v) is 0.350. The highest BCUT2D eigenvalue weighted by atomic mass is 16.3. The molecule has 9 heavy (non-hydrogen) atoms. The highest BCUT2D eigenvalue weighted by Crippen LogP contribution is 1.77. The lowest BCUT2D eigenvalue weighted by molar-refractivity contribution is 0.174. The molecule has 3 N–H and O–H groups in total. The van der Waals surface area contributed by atoms with Gasteiger partial charge in [-0.05, 0) is 0 Å². The number of nitrogens with one attached hydrogen (secondary N) is 1. The maximum Gasteiger partial charge on any atom is 0.200 e. The molecule has 5 heteroatoms. The van der Waals surface area contributed by atoms with Gasteiger partial charge in [-0.1, -0.05) is 0 Å². The molecule has 0 unspecified atom stereocenters. The van der Waals surface area contributed by atoms with Crippen molar-refractivity contribution in [1.29, 1.82) is 0 Å². The predicted molar refractivity (Wildman–Crippen MR) is 32.2 cm³/mol. The Morgan fingerprint density at radius 1 is 1.56 bits per heavy atom. The van der Waals surface area contributed by atoms with Gasteiger partial charge in [0.2, 0.25) is 7.85 Å². The van der Waals surface area contributed by atoms with E-state index in [1.165, 1.54) is 0 Å². The van der Waals surface area contributed by atoms with Gasteiger partial charge in [0.05, 0.1) is 19.3 Å². The molecule has 0 aliphatic carbocycles. The number of aliphatic hydroxyl groups excluding tert-OH is 2. The van der Waals surface area contributed by atoms with Gasteiger partial charge >= 0.3 is 0 Å². The lowest BCUT2D eigenvalue weighted by Crippen LogP contribution is -2.39. The summed E-state index contributed by atoms with van der Waals surface area (Å²) in [7, 11) is 4.67. The fraction of sp³-hybridized carbons (Fsp3) is 0.750. The van der Waals surface area contributed by atoms with Crippen LogP contribution in [0, 0.1) is 0 Å². The molecule has 2 radical (unpaired) electrons. The Hall–Kier alpha value is -0.545. The zero-order valence-electron chi connectivity index (χ0n) is 4.87. The molecule has 0 fully saturated rings. The molecule has 0 aromatic heterocycles. The van der Waals surface area contributed by atoms with Crippen molar-refractivity contribution in [3.63, 3.8) is 0 Å². The molecule has 1 amide bonds. The third kappa shape index (κ3) is 3.99. The molecule has 0 aliphatic heterocycles. The summed E-state index contributed by atoms with van der Waals surface area (Å²) in [6.45, 7) is -0.612. The van der Waals surface area contributed by atoms with E-state index in [2.05, 4.69) is 13.2 Å². The van der Waals surface area contributed by atoms with Gasteiger partial charge in [-0.2, -0.15) is 0 Å². The second kappa shape index (κ2) is 4.35. The van der Waals surface area contributed by atoms with E-state index in [9.17, 15) is 4.79 Å². The summed E-state index contributed by atoms with van der Waals surface area (Å²) in [6.07, 6.45) is 0. The Morgan fingerprint density at radius 2 is 2.00 bits per heavy atom. The van der Waals surface area contributed by atoms with Crippen molar-refractivity contribution in [2.45, 2.75) is 6.04 Å². The molecule has 0 atom stereocenters. The van der Waals surface area contributed by atoms with Crippen LogP contribution in [0.4, 0.5) is 4.79 Å². The summed E-state index contributed by atoms with van der Waals surface area (Å²) < 4.78 is 0. The average molecular weight is 129 g/mol. The van der Waals surface area contributed by atoms with Gasteiger partial charge in [-0.25, -0.2) is 0 Å². The van der Waals surface area contributed by atoms with Crippen molar-refractivity contribution in [3.8, 4) is 0 Å². The highest BCUT2D eigenvalue weighted by molar-refractivity contribution is 6.57. The van der Waals surface area contributed by atoms with Crippen molar-refractivity contribution in [3.05, 3.63) is 0 Å². The Labute approximate surface area is 54.3 Å². The smallest absolute Gasteiger partial charge is 0.200 e. The third-order valence-corrected chi connectivity index (χ3v) is 0.787. The molecule has 0 rings (SSSR count). The number of amides is 1. The fourth-order valence-electron chi connectivity index (χ4n) is 0.350. The van der Waals surface area contributed by atoms with Crippen LogP contribution in [0.15, 0.2) is 0 Å². The Morgan fingerprint density at radius 3 is 2.11 bits per heavy atom. The van der Waals surface area contributed by atoms with Crippen molar-refractivity contribution in [2.24, 2.45) is 0 Å². The summed E-state index contributed by atoms with van der Waals surface area (Å²) in [6, 6.07) is -0.637. The highest BCUT2D eigenvalue weighted by Gasteiger charge is 2.04. The van der Waals surface area contributed by atoms with Crippen LogP contribution in [-0.2, 0) is 0 Å². The molecule has 0 saturated heterocycles. The van der Waals surface area contributed by atoms with Gasteiger partial charge in [-0.3, -0.25) is 4.79 Å². The summed E-state index contributed by atoms with van der Waals surface area (Å²) in [4.78, 5) is 10.0. The first-order valence-corrected chi connectivity index (χ1v) is 2.48. The van der Waals surface area contributed by atoms with E-state index in [0.717, 1.165) is 0 Å². The Balaban J connectivity index is 3.43. The number of carbonyl (C=O) groups excluding carboxylic acids is 1. The predicted octanol–water partition coefficient (Wildman–Crippen LogP) is -1.78. The van der Waals surface area contributed by atoms with Gasteiger partial charge < -0.3 is 15.5 Å². The molecular formula is C4H8BNO3. The first kappa shape index (κ1) is 8.45. The largest absolute Gasteiger partial charge is 0.394 e. The van der Waals surface area contributed by atoms with Crippen LogP contribution >= 0.6 is 0 Å². The molecule has 0 bridgehead atoms. The van der Waals surface area contributed by atoms with E-state index in [1.807, 2.05) is 0 Å². The van der Waals surface area contributed by atoms with E-state index in [0.29, 0.717) is 0 Å². The van der Waals surface area contributed by atoms with Crippen LogP contribution < -0.4 is 5.32 Å². The van der Waals surface area contributed by atoms with Gasteiger partial charge in [0.15, 0.2) is 5.81 Å². The van der Waals surface area contributed by atoms with Crippen LogP contribution in [0.1, 0.15) is 0 Å². The van der Waals surface area contributed by atoms with E-state index >= 15 is 0 Å². The first-order chi connectivity index (χ1) is 4.20. The zero-order valence-corrected chi connectivity index (χ0v) is 4.87. The topological polar surface area (TPSA) is 69.6 Å². The molecule has 0 aromatic rings. The van der Waals surface area contributed by atoms with Crippen LogP contribution in [0.5, 0.6) is 0 Å². The summed E-state index contributed by atoms with van der Waals surface area (Å²) >= 11 is 0. The maximum absolute atomic E-state index is 10.0. The molecule has 0 heterocycles. The van der Waals surface area contributed by atoms with E-state index in [4.69, 9.17) is 10.2 Å². The van der Waals surface area contributed by atoms with Crippen molar-refractivity contribution in [1.82, 2.24) is 5.32 Å². The van der Waals surface area contributed by atoms with E-state index < -0.39 is 11.8 Å². The molecule has 4 nitrogen and oxygen atoms in total. The van der Waals surface area contributed by atoms with E-state index in [1.54, 1.807) is 0 Å². The van der Waals surface area contributed by atoms with Crippen LogP contribution in [0.2, 0.25) is 0 Å². The van der Waals surface area contributed by atoms with Gasteiger partial charge in [0, 0.05) is 0 Å². The van der Waals surface area contributed by atoms with Crippen molar-refractivity contribution < 1.29 is 15.0 Å². The number of aliphatic hydroxyl groups is 2. The van der Waals surface area contributed by atoms with Gasteiger partial charge in [0.1, 0.15) is 0 Å². The molecule has 0 aromatic carbocycles. The SMILES string of the molecule is [B]C(=O)NC(CO)CO. The monoisotopic (exact) mass is 129 g/mol. The minimum absolute atomic E-state index is 0.306.